The lowest BCUT2D eigenvalue weighted by molar-refractivity contribution is -0.0166. The normalized spacial score (nSPS) is 19.5. The van der Waals surface area contributed by atoms with Crippen LogP contribution in [-0.4, -0.2) is 28.4 Å². The summed E-state index contributed by atoms with van der Waals surface area (Å²) >= 11 is 0. The van der Waals surface area contributed by atoms with Crippen molar-refractivity contribution >= 4 is 0 Å². The average molecular weight is 181 g/mol. The van der Waals surface area contributed by atoms with Crippen LogP contribution in [0.1, 0.15) is 5.56 Å². The Morgan fingerprint density at radius 1 is 1.23 bits per heavy atom. The third-order valence-corrected chi connectivity index (χ3v) is 2.32. The number of benzene rings is 1. The summed E-state index contributed by atoms with van der Waals surface area (Å²) in [5, 5.41) is 31.4. The summed E-state index contributed by atoms with van der Waals surface area (Å²) in [6.45, 7) is 0.814. The fraction of sp³-hybridized carbons (Fsp3) is 0.333. The van der Waals surface area contributed by atoms with E-state index in [-0.39, 0.29) is 11.5 Å². The molecule has 2 rings (SSSR count). The highest BCUT2D eigenvalue weighted by molar-refractivity contribution is 5.43. The van der Waals surface area contributed by atoms with Crippen molar-refractivity contribution in [1.82, 2.24) is 5.32 Å². The van der Waals surface area contributed by atoms with E-state index in [0.29, 0.717) is 18.7 Å². The Morgan fingerprint density at radius 2 is 1.92 bits per heavy atom. The van der Waals surface area contributed by atoms with E-state index in [1.54, 1.807) is 0 Å². The van der Waals surface area contributed by atoms with Gasteiger partial charge in [0, 0.05) is 18.7 Å². The van der Waals surface area contributed by atoms with Gasteiger partial charge in [-0.2, -0.15) is 0 Å². The maximum absolute atomic E-state index is 9.85. The summed E-state index contributed by atoms with van der Waals surface area (Å²) < 4.78 is 0. The summed E-state index contributed by atoms with van der Waals surface area (Å²) in [5.74, 6) is 0.0647. The topological polar surface area (TPSA) is 72.7 Å². The fourth-order valence-corrected chi connectivity index (χ4v) is 1.45. The minimum atomic E-state index is -1.02. The van der Waals surface area contributed by atoms with E-state index in [4.69, 9.17) is 0 Å². The zero-order valence-electron chi connectivity index (χ0n) is 6.99. The lowest BCUT2D eigenvalue weighted by Gasteiger charge is -2.38. The third-order valence-electron chi connectivity index (χ3n) is 2.32. The van der Waals surface area contributed by atoms with Crippen LogP contribution in [0, 0.1) is 0 Å². The molecule has 0 spiro atoms. The quantitative estimate of drug-likeness (QED) is 0.456. The molecule has 1 aliphatic rings. The lowest BCUT2D eigenvalue weighted by atomic mass is 9.87. The summed E-state index contributed by atoms with van der Waals surface area (Å²) in [4.78, 5) is 0. The molecule has 0 atom stereocenters. The van der Waals surface area contributed by atoms with Crippen LogP contribution >= 0.6 is 0 Å². The Bertz CT molecular complexity index is 334. The number of rotatable bonds is 1. The minimum absolute atomic E-state index is 0.0156. The van der Waals surface area contributed by atoms with Gasteiger partial charge in [-0.3, -0.25) is 0 Å². The highest BCUT2D eigenvalue weighted by Crippen LogP contribution is 2.34. The van der Waals surface area contributed by atoms with Crippen LogP contribution in [0.25, 0.3) is 0 Å². The number of β-amino-alcohol motifs (C(OH)–C–C–N with tert-alkyl or cyclic N) is 1. The van der Waals surface area contributed by atoms with Gasteiger partial charge in [0.1, 0.15) is 17.1 Å². The molecule has 1 saturated heterocycles. The van der Waals surface area contributed by atoms with Crippen molar-refractivity contribution in [2.24, 2.45) is 0 Å². The molecule has 1 heterocycles. The molecule has 1 fully saturated rings. The molecular formula is C9H11NO3. The number of aromatic hydroxyl groups is 2. The standard InChI is InChI=1S/C9H11NO3/c11-6-1-2-8(12)7(3-6)9(13)4-10-5-9/h1-3,10-13H,4-5H2. The predicted octanol–water partition coefficient (Wildman–Crippen LogP) is -0.111. The molecule has 1 aromatic carbocycles. The summed E-state index contributed by atoms with van der Waals surface area (Å²) in [6.07, 6.45) is 0. The number of phenols is 2. The Balaban J connectivity index is 2.43. The molecule has 0 radical (unpaired) electrons. The highest BCUT2D eigenvalue weighted by atomic mass is 16.3. The second-order valence-electron chi connectivity index (χ2n) is 3.34. The van der Waals surface area contributed by atoms with Crippen LogP contribution in [-0.2, 0) is 5.60 Å². The van der Waals surface area contributed by atoms with Crippen molar-refractivity contribution < 1.29 is 15.3 Å². The maximum atomic E-state index is 9.85. The molecule has 13 heavy (non-hydrogen) atoms. The van der Waals surface area contributed by atoms with E-state index >= 15 is 0 Å². The average Bonchev–Trinajstić information content (AvgIpc) is 2.05. The zero-order valence-corrected chi connectivity index (χ0v) is 6.99. The Hall–Kier alpha value is -1.26. The van der Waals surface area contributed by atoms with Gasteiger partial charge in [0.05, 0.1) is 0 Å². The number of hydrogen-bond acceptors (Lipinski definition) is 4. The van der Waals surface area contributed by atoms with Gasteiger partial charge >= 0.3 is 0 Å². The second-order valence-corrected chi connectivity index (χ2v) is 3.34. The first-order valence-electron chi connectivity index (χ1n) is 4.07. The highest BCUT2D eigenvalue weighted by Gasteiger charge is 2.38. The smallest absolute Gasteiger partial charge is 0.122 e. The molecule has 0 aromatic heterocycles. The molecule has 0 bridgehead atoms. The van der Waals surface area contributed by atoms with Crippen molar-refractivity contribution in [3.8, 4) is 11.5 Å². The maximum Gasteiger partial charge on any atom is 0.122 e. The Kier molecular flexibility index (Phi) is 1.68. The van der Waals surface area contributed by atoms with Crippen LogP contribution in [0.4, 0.5) is 0 Å². The Morgan fingerprint density at radius 3 is 2.46 bits per heavy atom. The van der Waals surface area contributed by atoms with Gasteiger partial charge in [-0.05, 0) is 18.2 Å². The molecule has 4 N–H and O–H groups in total. The lowest BCUT2D eigenvalue weighted by Crippen LogP contribution is -2.56. The minimum Gasteiger partial charge on any atom is -0.508 e. The van der Waals surface area contributed by atoms with Gasteiger partial charge in [0.25, 0.3) is 0 Å². The van der Waals surface area contributed by atoms with Crippen molar-refractivity contribution in [2.75, 3.05) is 13.1 Å². The van der Waals surface area contributed by atoms with Crippen LogP contribution < -0.4 is 5.32 Å². The molecule has 1 aliphatic heterocycles. The van der Waals surface area contributed by atoms with Crippen molar-refractivity contribution in [2.45, 2.75) is 5.60 Å². The van der Waals surface area contributed by atoms with E-state index in [0.717, 1.165) is 0 Å². The largest absolute Gasteiger partial charge is 0.508 e. The van der Waals surface area contributed by atoms with Gasteiger partial charge in [0.2, 0.25) is 0 Å². The van der Waals surface area contributed by atoms with E-state index in [1.165, 1.54) is 18.2 Å². The van der Waals surface area contributed by atoms with Crippen molar-refractivity contribution in [3.63, 3.8) is 0 Å². The van der Waals surface area contributed by atoms with Crippen LogP contribution in [0.3, 0.4) is 0 Å². The number of aliphatic hydroxyl groups is 1. The SMILES string of the molecule is Oc1ccc(O)c(C2(O)CNC2)c1. The molecular weight excluding hydrogens is 170 g/mol. The van der Waals surface area contributed by atoms with Crippen LogP contribution in [0.2, 0.25) is 0 Å². The van der Waals surface area contributed by atoms with E-state index in [2.05, 4.69) is 5.32 Å². The van der Waals surface area contributed by atoms with Gasteiger partial charge in [-0.25, -0.2) is 0 Å². The van der Waals surface area contributed by atoms with E-state index < -0.39 is 5.60 Å². The molecule has 0 saturated carbocycles. The number of hydrogen-bond donors (Lipinski definition) is 4. The fourth-order valence-electron chi connectivity index (χ4n) is 1.45. The first kappa shape index (κ1) is 8.34. The van der Waals surface area contributed by atoms with Gasteiger partial charge < -0.3 is 20.6 Å². The van der Waals surface area contributed by atoms with Gasteiger partial charge in [0.15, 0.2) is 0 Å². The van der Waals surface area contributed by atoms with E-state index in [1.807, 2.05) is 0 Å². The molecule has 4 nitrogen and oxygen atoms in total. The number of phenolic OH excluding ortho intramolecular Hbond substituents is 2. The first-order valence-corrected chi connectivity index (χ1v) is 4.07. The summed E-state index contributed by atoms with van der Waals surface area (Å²) in [6, 6.07) is 4.14. The van der Waals surface area contributed by atoms with E-state index in [9.17, 15) is 15.3 Å². The summed E-state index contributed by atoms with van der Waals surface area (Å²) in [5.41, 5.74) is -0.644. The third kappa shape index (κ3) is 1.24. The molecule has 1 aromatic rings. The molecule has 0 amide bonds. The summed E-state index contributed by atoms with van der Waals surface area (Å²) in [7, 11) is 0. The monoisotopic (exact) mass is 181 g/mol. The van der Waals surface area contributed by atoms with Crippen LogP contribution in [0.15, 0.2) is 18.2 Å². The van der Waals surface area contributed by atoms with Crippen LogP contribution in [0.5, 0.6) is 11.5 Å². The first-order chi connectivity index (χ1) is 6.12. The Labute approximate surface area is 75.5 Å². The molecule has 0 unspecified atom stereocenters. The van der Waals surface area contributed by atoms with Crippen molar-refractivity contribution in [1.29, 1.82) is 0 Å². The zero-order chi connectivity index (χ0) is 9.47. The predicted molar refractivity (Wildman–Crippen MR) is 46.5 cm³/mol. The van der Waals surface area contributed by atoms with Gasteiger partial charge in [-0.15, -0.1) is 0 Å². The van der Waals surface area contributed by atoms with Crippen molar-refractivity contribution in [3.05, 3.63) is 23.8 Å². The van der Waals surface area contributed by atoms with Gasteiger partial charge in [-0.1, -0.05) is 0 Å². The number of nitrogens with one attached hydrogen (secondary N) is 1. The second kappa shape index (κ2) is 2.61. The molecule has 0 aliphatic carbocycles. The molecule has 4 heteroatoms. The molecule has 70 valence electrons.